The molecule has 0 spiro atoms. The van der Waals surface area contributed by atoms with Crippen LogP contribution in [-0.2, 0) is 6.18 Å². The van der Waals surface area contributed by atoms with Gasteiger partial charge in [-0.3, -0.25) is 5.10 Å². The Hall–Kier alpha value is -1.77. The Morgan fingerprint density at radius 3 is 2.67 bits per heavy atom. The first-order chi connectivity index (χ1) is 8.49. The second kappa shape index (κ2) is 4.84. The maximum Gasteiger partial charge on any atom is 0.416 e. The van der Waals surface area contributed by atoms with Crippen molar-refractivity contribution >= 4 is 17.6 Å². The molecule has 0 aliphatic carbocycles. The lowest BCUT2D eigenvalue weighted by Crippen LogP contribution is -2.07. The molecule has 18 heavy (non-hydrogen) atoms. The molecule has 0 aromatic carbocycles. The van der Waals surface area contributed by atoms with Gasteiger partial charge in [0.2, 0.25) is 0 Å². The zero-order valence-corrected chi connectivity index (χ0v) is 9.93. The highest BCUT2D eigenvalue weighted by molar-refractivity contribution is 7.99. The monoisotopic (exact) mass is 275 g/mol. The summed E-state index contributed by atoms with van der Waals surface area (Å²) in [6.45, 7) is 0. The first kappa shape index (κ1) is 12.7. The van der Waals surface area contributed by atoms with E-state index in [-0.39, 0.29) is 10.8 Å². The highest BCUT2D eigenvalue weighted by Crippen LogP contribution is 2.34. The smallest absolute Gasteiger partial charge is 0.373 e. The van der Waals surface area contributed by atoms with Gasteiger partial charge in [-0.1, -0.05) is 0 Å². The molecular weight excluding hydrogens is 267 g/mol. The maximum atomic E-state index is 12.7. The third-order valence-electron chi connectivity index (χ3n) is 1.98. The van der Waals surface area contributed by atoms with Crippen LogP contribution in [0.25, 0.3) is 0 Å². The number of anilines is 1. The van der Waals surface area contributed by atoms with Gasteiger partial charge in [0.15, 0.2) is 5.16 Å². The summed E-state index contributed by atoms with van der Waals surface area (Å²) in [4.78, 5) is 7.82. The van der Waals surface area contributed by atoms with E-state index in [1.807, 2.05) is 0 Å². The molecular formula is C9H8F3N5S. The van der Waals surface area contributed by atoms with Crippen molar-refractivity contribution in [3.63, 3.8) is 0 Å². The van der Waals surface area contributed by atoms with Crippen LogP contribution in [0.4, 0.5) is 19.0 Å². The van der Waals surface area contributed by atoms with Crippen LogP contribution >= 0.6 is 11.8 Å². The van der Waals surface area contributed by atoms with Crippen LogP contribution in [0.1, 0.15) is 5.56 Å². The van der Waals surface area contributed by atoms with E-state index in [1.165, 1.54) is 13.4 Å². The molecule has 5 nitrogen and oxygen atoms in total. The van der Waals surface area contributed by atoms with Crippen molar-refractivity contribution in [2.75, 3.05) is 12.4 Å². The maximum absolute atomic E-state index is 12.7. The van der Waals surface area contributed by atoms with E-state index < -0.39 is 11.7 Å². The lowest BCUT2D eigenvalue weighted by atomic mass is 10.2. The molecule has 0 radical (unpaired) electrons. The first-order valence-electron chi connectivity index (χ1n) is 4.79. The Labute approximate surface area is 104 Å². The molecule has 9 heteroatoms. The molecule has 0 aliphatic rings. The van der Waals surface area contributed by atoms with E-state index >= 15 is 0 Å². The summed E-state index contributed by atoms with van der Waals surface area (Å²) in [5.74, 6) is 0.145. The minimum atomic E-state index is -4.41. The molecule has 0 saturated heterocycles. The van der Waals surface area contributed by atoms with Gasteiger partial charge in [-0.15, -0.1) is 0 Å². The van der Waals surface area contributed by atoms with E-state index in [0.29, 0.717) is 5.16 Å². The number of nitrogens with zero attached hydrogens (tertiary/aromatic N) is 3. The number of pyridine rings is 1. The molecule has 2 aromatic rings. The van der Waals surface area contributed by atoms with Gasteiger partial charge in [0.1, 0.15) is 17.2 Å². The number of nitrogens with one attached hydrogen (secondary N) is 2. The number of rotatable bonds is 3. The normalized spacial score (nSPS) is 11.6. The van der Waals surface area contributed by atoms with E-state index in [1.54, 1.807) is 0 Å². The molecule has 0 aliphatic heterocycles. The number of hydrogen-bond donors (Lipinski definition) is 2. The second-order valence-corrected chi connectivity index (χ2v) is 4.23. The summed E-state index contributed by atoms with van der Waals surface area (Å²) >= 11 is 0.974. The minimum Gasteiger partial charge on any atom is -0.373 e. The average Bonchev–Trinajstić information content (AvgIpc) is 2.80. The Morgan fingerprint density at radius 1 is 1.33 bits per heavy atom. The molecule has 0 unspecified atom stereocenters. The highest BCUT2D eigenvalue weighted by atomic mass is 32.2. The first-order valence-corrected chi connectivity index (χ1v) is 5.61. The van der Waals surface area contributed by atoms with Crippen LogP contribution in [-0.4, -0.2) is 27.2 Å². The molecule has 0 atom stereocenters. The zero-order chi connectivity index (χ0) is 13.2. The van der Waals surface area contributed by atoms with Crippen LogP contribution in [0.15, 0.2) is 28.6 Å². The molecule has 0 saturated carbocycles. The summed E-state index contributed by atoms with van der Waals surface area (Å²) in [6.07, 6.45) is -3.14. The van der Waals surface area contributed by atoms with Gasteiger partial charge >= 0.3 is 6.18 Å². The zero-order valence-electron chi connectivity index (χ0n) is 9.12. The molecule has 96 valence electrons. The fraction of sp³-hybridized carbons (Fsp3) is 0.222. The van der Waals surface area contributed by atoms with Gasteiger partial charge in [0.05, 0.1) is 5.56 Å². The molecule has 0 fully saturated rings. The SMILES string of the molecule is CNc1cc(C(F)(F)F)cc(Sc2ncn[nH]2)n1. The summed E-state index contributed by atoms with van der Waals surface area (Å²) in [7, 11) is 1.51. The summed E-state index contributed by atoms with van der Waals surface area (Å²) in [6, 6.07) is 1.92. The lowest BCUT2D eigenvalue weighted by Gasteiger charge is -2.10. The van der Waals surface area contributed by atoms with Crippen molar-refractivity contribution < 1.29 is 13.2 Å². The van der Waals surface area contributed by atoms with Crippen molar-refractivity contribution in [1.82, 2.24) is 20.2 Å². The largest absolute Gasteiger partial charge is 0.416 e. The van der Waals surface area contributed by atoms with E-state index in [9.17, 15) is 13.2 Å². The Bertz CT molecular complexity index is 525. The summed E-state index contributed by atoms with van der Waals surface area (Å²) in [5, 5.41) is 9.30. The van der Waals surface area contributed by atoms with Crippen LogP contribution in [0.2, 0.25) is 0 Å². The van der Waals surface area contributed by atoms with E-state index in [4.69, 9.17) is 0 Å². The number of aromatic nitrogens is 4. The van der Waals surface area contributed by atoms with Crippen molar-refractivity contribution in [3.05, 3.63) is 24.0 Å². The Balaban J connectivity index is 2.35. The quantitative estimate of drug-likeness (QED) is 0.900. The molecule has 2 aromatic heterocycles. The lowest BCUT2D eigenvalue weighted by molar-refractivity contribution is -0.137. The highest BCUT2D eigenvalue weighted by Gasteiger charge is 2.31. The standard InChI is InChI=1S/C9H8F3N5S/c1-13-6-2-5(9(10,11)12)3-7(16-6)18-8-14-4-15-17-8/h2-4H,1H3,(H,13,16)(H,14,15,17). The van der Waals surface area contributed by atoms with Gasteiger partial charge in [-0.05, 0) is 23.9 Å². The summed E-state index contributed by atoms with van der Waals surface area (Å²) in [5.41, 5.74) is -0.760. The van der Waals surface area contributed by atoms with Crippen molar-refractivity contribution in [3.8, 4) is 0 Å². The predicted octanol–water partition coefficient (Wildman–Crippen LogP) is 2.41. The van der Waals surface area contributed by atoms with Gasteiger partial charge in [-0.2, -0.15) is 18.3 Å². The molecule has 0 bridgehead atoms. The number of aromatic amines is 1. The molecule has 2 N–H and O–H groups in total. The topological polar surface area (TPSA) is 66.5 Å². The van der Waals surface area contributed by atoms with Crippen molar-refractivity contribution in [2.24, 2.45) is 0 Å². The van der Waals surface area contributed by atoms with E-state index in [0.717, 1.165) is 23.9 Å². The van der Waals surface area contributed by atoms with Crippen LogP contribution in [0.3, 0.4) is 0 Å². The number of hydrogen-bond acceptors (Lipinski definition) is 5. The average molecular weight is 275 g/mol. The van der Waals surface area contributed by atoms with Gasteiger partial charge < -0.3 is 5.32 Å². The fourth-order valence-corrected chi connectivity index (χ4v) is 1.92. The predicted molar refractivity (Wildman–Crippen MR) is 59.3 cm³/mol. The Kier molecular flexibility index (Phi) is 3.41. The van der Waals surface area contributed by atoms with Crippen LogP contribution in [0.5, 0.6) is 0 Å². The molecule has 2 rings (SSSR count). The molecule has 2 heterocycles. The Morgan fingerprint density at radius 2 is 2.11 bits per heavy atom. The number of H-pyrrole nitrogens is 1. The van der Waals surface area contributed by atoms with Crippen molar-refractivity contribution in [1.29, 1.82) is 0 Å². The molecule has 0 amide bonds. The summed E-state index contributed by atoms with van der Waals surface area (Å²) < 4.78 is 38.0. The van der Waals surface area contributed by atoms with Gasteiger partial charge in [0, 0.05) is 7.05 Å². The van der Waals surface area contributed by atoms with E-state index in [2.05, 4.69) is 25.5 Å². The second-order valence-electron chi connectivity index (χ2n) is 3.22. The van der Waals surface area contributed by atoms with Crippen LogP contribution < -0.4 is 5.32 Å². The fourth-order valence-electron chi connectivity index (χ4n) is 1.19. The minimum absolute atomic E-state index is 0.145. The van der Waals surface area contributed by atoms with Crippen LogP contribution in [0, 0.1) is 0 Å². The third-order valence-corrected chi connectivity index (χ3v) is 2.79. The number of alkyl halides is 3. The van der Waals surface area contributed by atoms with Gasteiger partial charge in [0.25, 0.3) is 0 Å². The van der Waals surface area contributed by atoms with Gasteiger partial charge in [-0.25, -0.2) is 9.97 Å². The third kappa shape index (κ3) is 2.92. The van der Waals surface area contributed by atoms with Crippen molar-refractivity contribution in [2.45, 2.75) is 16.4 Å². The number of halogens is 3.